The summed E-state index contributed by atoms with van der Waals surface area (Å²) in [5.74, 6) is 1.35. The Morgan fingerprint density at radius 3 is 2.20 bits per heavy atom. The number of halogens is 1. The Bertz CT molecular complexity index is 965. The van der Waals surface area contributed by atoms with Crippen LogP contribution in [0.25, 0.3) is 21.3 Å². The molecule has 0 unspecified atom stereocenters. The van der Waals surface area contributed by atoms with Gasteiger partial charge in [-0.1, -0.05) is 45.0 Å². The van der Waals surface area contributed by atoms with Gasteiger partial charge >= 0.3 is 0 Å². The Labute approximate surface area is 188 Å². The van der Waals surface area contributed by atoms with Gasteiger partial charge in [0, 0.05) is 37.7 Å². The van der Waals surface area contributed by atoms with Gasteiger partial charge in [-0.3, -0.25) is 0 Å². The van der Waals surface area contributed by atoms with Gasteiger partial charge < -0.3 is 14.4 Å². The molecule has 0 amide bonds. The van der Waals surface area contributed by atoms with Gasteiger partial charge in [0.05, 0.1) is 18.6 Å². The fourth-order valence-corrected chi connectivity index (χ4v) is 4.89. The van der Waals surface area contributed by atoms with Crippen molar-refractivity contribution in [3.63, 3.8) is 0 Å². The zero-order valence-corrected chi connectivity index (χ0v) is 19.9. The molecular formula is C23H30ClN3O2S. The zero-order valence-electron chi connectivity index (χ0n) is 18.4. The van der Waals surface area contributed by atoms with E-state index in [0.29, 0.717) is 32.2 Å². The van der Waals surface area contributed by atoms with Crippen LogP contribution in [0.2, 0.25) is 5.28 Å². The Morgan fingerprint density at radius 1 is 1.03 bits per heavy atom. The van der Waals surface area contributed by atoms with Crippen LogP contribution in [0, 0.1) is 0 Å². The van der Waals surface area contributed by atoms with Gasteiger partial charge in [-0.15, -0.1) is 11.3 Å². The first kappa shape index (κ1) is 22.9. The molecule has 0 radical (unpaired) electrons. The molecule has 0 aliphatic carbocycles. The van der Waals surface area contributed by atoms with Crippen LogP contribution < -0.4 is 4.90 Å². The standard InChI is InChI=1S/C23H30ClN3O2S/c1-6-18-19(17-9-7-16(8-10-17)15(2)3)20-21(25-23(24)26-22(20)30-18)27(11-13-28-4)12-14-29-5/h7-10,15H,6,11-14H2,1-5H3. The first-order valence-electron chi connectivity index (χ1n) is 10.3. The summed E-state index contributed by atoms with van der Waals surface area (Å²) in [5, 5.41) is 1.33. The van der Waals surface area contributed by atoms with Gasteiger partial charge in [0.25, 0.3) is 0 Å². The minimum atomic E-state index is 0.267. The van der Waals surface area contributed by atoms with E-state index < -0.39 is 0 Å². The molecule has 0 N–H and O–H groups in total. The summed E-state index contributed by atoms with van der Waals surface area (Å²) in [6.07, 6.45) is 0.926. The van der Waals surface area contributed by atoms with E-state index in [1.807, 2.05) is 0 Å². The van der Waals surface area contributed by atoms with Crippen molar-refractivity contribution in [1.29, 1.82) is 0 Å². The second-order valence-electron chi connectivity index (χ2n) is 7.50. The number of nitrogens with zero attached hydrogens (tertiary/aromatic N) is 3. The van der Waals surface area contributed by atoms with E-state index in [4.69, 9.17) is 21.1 Å². The molecule has 2 heterocycles. The van der Waals surface area contributed by atoms with Crippen LogP contribution in [-0.4, -0.2) is 50.5 Å². The summed E-state index contributed by atoms with van der Waals surface area (Å²) in [5.41, 5.74) is 3.73. The number of hydrogen-bond acceptors (Lipinski definition) is 6. The maximum Gasteiger partial charge on any atom is 0.225 e. The molecule has 7 heteroatoms. The van der Waals surface area contributed by atoms with E-state index in [-0.39, 0.29) is 5.28 Å². The highest BCUT2D eigenvalue weighted by atomic mass is 35.5. The van der Waals surface area contributed by atoms with Crippen molar-refractivity contribution >= 4 is 39.0 Å². The van der Waals surface area contributed by atoms with Crippen molar-refractivity contribution in [1.82, 2.24) is 9.97 Å². The number of methoxy groups -OCH3 is 2. The number of anilines is 1. The number of fused-ring (bicyclic) bond motifs is 1. The van der Waals surface area contributed by atoms with Gasteiger partial charge in [-0.25, -0.2) is 4.98 Å². The molecule has 0 aliphatic rings. The lowest BCUT2D eigenvalue weighted by molar-refractivity contribution is 0.190. The highest BCUT2D eigenvalue weighted by Crippen LogP contribution is 2.43. The lowest BCUT2D eigenvalue weighted by Crippen LogP contribution is -2.31. The van der Waals surface area contributed by atoms with Crippen LogP contribution in [0.3, 0.4) is 0 Å². The fraction of sp³-hybridized carbons (Fsp3) is 0.478. The first-order chi connectivity index (χ1) is 14.5. The molecule has 2 aromatic heterocycles. The Hall–Kier alpha value is -1.73. The Morgan fingerprint density at radius 2 is 1.67 bits per heavy atom. The summed E-state index contributed by atoms with van der Waals surface area (Å²) in [4.78, 5) is 13.6. The summed E-state index contributed by atoms with van der Waals surface area (Å²) in [7, 11) is 3.41. The van der Waals surface area contributed by atoms with Crippen molar-refractivity contribution in [2.24, 2.45) is 0 Å². The van der Waals surface area contributed by atoms with Crippen LogP contribution in [0.5, 0.6) is 0 Å². The maximum absolute atomic E-state index is 6.34. The largest absolute Gasteiger partial charge is 0.383 e. The Kier molecular flexibility index (Phi) is 8.06. The predicted octanol–water partition coefficient (Wildman–Crippen LogP) is 5.80. The van der Waals surface area contributed by atoms with E-state index in [0.717, 1.165) is 22.5 Å². The number of rotatable bonds is 10. The van der Waals surface area contributed by atoms with Gasteiger partial charge in [0.15, 0.2) is 0 Å². The van der Waals surface area contributed by atoms with Crippen LogP contribution >= 0.6 is 22.9 Å². The average Bonchev–Trinajstić information content (AvgIpc) is 3.11. The highest BCUT2D eigenvalue weighted by Gasteiger charge is 2.22. The molecule has 0 fully saturated rings. The van der Waals surface area contributed by atoms with E-state index in [1.165, 1.54) is 21.6 Å². The van der Waals surface area contributed by atoms with Crippen molar-refractivity contribution in [3.05, 3.63) is 40.0 Å². The minimum Gasteiger partial charge on any atom is -0.383 e. The molecule has 0 spiro atoms. The first-order valence-corrected chi connectivity index (χ1v) is 11.5. The monoisotopic (exact) mass is 447 g/mol. The van der Waals surface area contributed by atoms with Crippen LogP contribution in [0.15, 0.2) is 24.3 Å². The molecule has 3 rings (SSSR count). The lowest BCUT2D eigenvalue weighted by Gasteiger charge is -2.24. The molecule has 0 aliphatic heterocycles. The summed E-state index contributed by atoms with van der Waals surface area (Å²) < 4.78 is 10.7. The van der Waals surface area contributed by atoms with Crippen molar-refractivity contribution in [3.8, 4) is 11.1 Å². The summed E-state index contributed by atoms with van der Waals surface area (Å²) in [6.45, 7) is 9.19. The van der Waals surface area contributed by atoms with Crippen LogP contribution in [0.1, 0.15) is 37.1 Å². The van der Waals surface area contributed by atoms with Crippen LogP contribution in [0.4, 0.5) is 5.82 Å². The normalized spacial score (nSPS) is 11.6. The number of hydrogen-bond donors (Lipinski definition) is 0. The SMILES string of the molecule is CCc1sc2nc(Cl)nc(N(CCOC)CCOC)c2c1-c1ccc(C(C)C)cc1. The number of thiophene rings is 1. The second kappa shape index (κ2) is 10.5. The second-order valence-corrected chi connectivity index (χ2v) is 8.92. The molecule has 0 saturated heterocycles. The molecule has 0 atom stereocenters. The molecular weight excluding hydrogens is 418 g/mol. The van der Waals surface area contributed by atoms with Crippen molar-refractivity contribution in [2.45, 2.75) is 33.1 Å². The third kappa shape index (κ3) is 4.94. The minimum absolute atomic E-state index is 0.267. The smallest absolute Gasteiger partial charge is 0.225 e. The lowest BCUT2D eigenvalue weighted by atomic mass is 9.97. The van der Waals surface area contributed by atoms with E-state index in [2.05, 4.69) is 59.9 Å². The quantitative estimate of drug-likeness (QED) is 0.368. The highest BCUT2D eigenvalue weighted by molar-refractivity contribution is 7.19. The molecule has 162 valence electrons. The average molecular weight is 448 g/mol. The maximum atomic E-state index is 6.34. The van der Waals surface area contributed by atoms with Crippen LogP contribution in [-0.2, 0) is 15.9 Å². The summed E-state index contributed by atoms with van der Waals surface area (Å²) >= 11 is 8.04. The topological polar surface area (TPSA) is 47.5 Å². The summed E-state index contributed by atoms with van der Waals surface area (Å²) in [6, 6.07) is 8.85. The number of aryl methyl sites for hydroxylation is 1. The molecule has 5 nitrogen and oxygen atoms in total. The molecule has 3 aromatic rings. The van der Waals surface area contributed by atoms with Gasteiger partial charge in [0.1, 0.15) is 10.6 Å². The van der Waals surface area contributed by atoms with E-state index >= 15 is 0 Å². The van der Waals surface area contributed by atoms with Gasteiger partial charge in [0.2, 0.25) is 5.28 Å². The third-order valence-corrected chi connectivity index (χ3v) is 6.59. The molecule has 30 heavy (non-hydrogen) atoms. The third-order valence-electron chi connectivity index (χ3n) is 5.20. The number of aromatic nitrogens is 2. The number of ether oxygens (including phenoxy) is 2. The zero-order chi connectivity index (χ0) is 21.7. The number of benzene rings is 1. The predicted molar refractivity (Wildman–Crippen MR) is 127 cm³/mol. The fourth-order valence-electron chi connectivity index (χ4n) is 3.55. The van der Waals surface area contributed by atoms with E-state index in [1.54, 1.807) is 25.6 Å². The van der Waals surface area contributed by atoms with Gasteiger partial charge in [-0.05, 0) is 35.1 Å². The molecule has 0 saturated carbocycles. The van der Waals surface area contributed by atoms with Gasteiger partial charge in [-0.2, -0.15) is 4.98 Å². The van der Waals surface area contributed by atoms with Crippen molar-refractivity contribution < 1.29 is 9.47 Å². The molecule has 1 aromatic carbocycles. The van der Waals surface area contributed by atoms with E-state index in [9.17, 15) is 0 Å². The molecule has 0 bridgehead atoms. The van der Waals surface area contributed by atoms with Crippen molar-refractivity contribution in [2.75, 3.05) is 45.4 Å². The Balaban J connectivity index is 2.20.